The summed E-state index contributed by atoms with van der Waals surface area (Å²) in [6.07, 6.45) is 0.424. The lowest BCUT2D eigenvalue weighted by atomic mass is 10.0. The second-order valence-corrected chi connectivity index (χ2v) is 8.67. The zero-order chi connectivity index (χ0) is 24.5. The maximum Gasteiger partial charge on any atom is 0.261 e. The van der Waals surface area contributed by atoms with Crippen LogP contribution in [-0.4, -0.2) is 35.9 Å². The third-order valence-corrected chi connectivity index (χ3v) is 5.74. The zero-order valence-electron chi connectivity index (χ0n) is 20.5. The lowest BCUT2D eigenvalue weighted by Crippen LogP contribution is -2.51. The van der Waals surface area contributed by atoms with E-state index in [1.807, 2.05) is 100 Å². The summed E-state index contributed by atoms with van der Waals surface area (Å²) in [5, 5.41) is 2.91. The van der Waals surface area contributed by atoms with E-state index in [-0.39, 0.29) is 18.4 Å². The highest BCUT2D eigenvalue weighted by Gasteiger charge is 2.30. The monoisotopic (exact) mass is 458 g/mol. The number of aryl methyl sites for hydroxylation is 3. The van der Waals surface area contributed by atoms with Crippen molar-refractivity contribution < 1.29 is 14.3 Å². The van der Waals surface area contributed by atoms with Crippen molar-refractivity contribution in [2.45, 2.75) is 46.7 Å². The van der Waals surface area contributed by atoms with Crippen LogP contribution >= 0.6 is 0 Å². The van der Waals surface area contributed by atoms with Crippen LogP contribution in [0.4, 0.5) is 0 Å². The molecule has 0 bridgehead atoms. The Hall–Kier alpha value is -3.60. The number of nitrogens with zero attached hydrogens (tertiary/aromatic N) is 1. The molecule has 0 saturated heterocycles. The van der Waals surface area contributed by atoms with Gasteiger partial charge >= 0.3 is 0 Å². The molecule has 0 aliphatic rings. The summed E-state index contributed by atoms with van der Waals surface area (Å²) < 4.78 is 5.91. The van der Waals surface area contributed by atoms with E-state index >= 15 is 0 Å². The molecule has 34 heavy (non-hydrogen) atoms. The molecule has 178 valence electrons. The van der Waals surface area contributed by atoms with Crippen LogP contribution in [0.15, 0.2) is 72.8 Å². The molecule has 3 aromatic rings. The van der Waals surface area contributed by atoms with E-state index in [9.17, 15) is 9.59 Å². The van der Waals surface area contributed by atoms with Gasteiger partial charge < -0.3 is 15.0 Å². The number of nitrogens with one attached hydrogen (secondary N) is 1. The molecule has 3 rings (SSSR count). The zero-order valence-corrected chi connectivity index (χ0v) is 20.5. The smallest absolute Gasteiger partial charge is 0.261 e. The Morgan fingerprint density at radius 2 is 1.59 bits per heavy atom. The Labute approximate surface area is 202 Å². The predicted octanol–water partition coefficient (Wildman–Crippen LogP) is 4.77. The molecule has 5 nitrogen and oxygen atoms in total. The van der Waals surface area contributed by atoms with Crippen molar-refractivity contribution in [3.63, 3.8) is 0 Å². The maximum atomic E-state index is 13.5. The standard InChI is InChI=1S/C29H34N2O3/c1-5-30-29(33)26(18-24-11-7-6-8-12-24)31(19-25-13-9-10-21(2)17-25)28(32)20-34-27-15-14-22(3)16-23(27)4/h6-17,26H,5,18-20H2,1-4H3,(H,30,33). The lowest BCUT2D eigenvalue weighted by Gasteiger charge is -2.31. The molecule has 1 atom stereocenters. The van der Waals surface area contributed by atoms with Gasteiger partial charge in [0.25, 0.3) is 5.91 Å². The van der Waals surface area contributed by atoms with Gasteiger partial charge in [-0.3, -0.25) is 9.59 Å². The van der Waals surface area contributed by atoms with E-state index in [1.54, 1.807) is 4.90 Å². The molecule has 0 aliphatic heterocycles. The molecule has 0 heterocycles. The first-order valence-corrected chi connectivity index (χ1v) is 11.7. The van der Waals surface area contributed by atoms with Gasteiger partial charge in [-0.25, -0.2) is 0 Å². The van der Waals surface area contributed by atoms with E-state index in [4.69, 9.17) is 4.74 Å². The predicted molar refractivity (Wildman–Crippen MR) is 136 cm³/mol. The number of likely N-dealkylation sites (N-methyl/N-ethyl adjacent to an activating group) is 1. The van der Waals surface area contributed by atoms with Crippen molar-refractivity contribution in [2.24, 2.45) is 0 Å². The van der Waals surface area contributed by atoms with E-state index in [2.05, 4.69) is 5.32 Å². The molecule has 2 amide bonds. The molecule has 0 saturated carbocycles. The Kier molecular flexibility index (Phi) is 8.86. The summed E-state index contributed by atoms with van der Waals surface area (Å²) in [5.41, 5.74) is 5.19. The van der Waals surface area contributed by atoms with Gasteiger partial charge in [-0.05, 0) is 50.5 Å². The third kappa shape index (κ3) is 6.95. The quantitative estimate of drug-likeness (QED) is 0.476. The fraction of sp³-hybridized carbons (Fsp3) is 0.310. The Morgan fingerprint density at radius 3 is 2.26 bits per heavy atom. The van der Waals surface area contributed by atoms with Crippen molar-refractivity contribution in [2.75, 3.05) is 13.2 Å². The van der Waals surface area contributed by atoms with Gasteiger partial charge in [0, 0.05) is 19.5 Å². The normalized spacial score (nSPS) is 11.5. The minimum atomic E-state index is -0.655. The number of ether oxygens (including phenoxy) is 1. The first-order chi connectivity index (χ1) is 16.4. The molecule has 1 unspecified atom stereocenters. The average molecular weight is 459 g/mol. The third-order valence-electron chi connectivity index (χ3n) is 5.74. The van der Waals surface area contributed by atoms with Crippen LogP contribution in [0, 0.1) is 20.8 Å². The molecule has 5 heteroatoms. The van der Waals surface area contributed by atoms with E-state index in [1.165, 1.54) is 0 Å². The second-order valence-electron chi connectivity index (χ2n) is 8.67. The Balaban J connectivity index is 1.90. The van der Waals surface area contributed by atoms with Crippen molar-refractivity contribution in [1.82, 2.24) is 10.2 Å². The SMILES string of the molecule is CCNC(=O)C(Cc1ccccc1)N(Cc1cccc(C)c1)C(=O)COc1ccc(C)cc1C. The number of amides is 2. The molecular formula is C29H34N2O3. The summed E-state index contributed by atoms with van der Waals surface area (Å²) in [6.45, 7) is 8.56. The second kappa shape index (κ2) is 12.0. The highest BCUT2D eigenvalue weighted by molar-refractivity contribution is 5.88. The maximum absolute atomic E-state index is 13.5. The van der Waals surface area contributed by atoms with Crippen LogP contribution in [0.5, 0.6) is 5.75 Å². The fourth-order valence-electron chi connectivity index (χ4n) is 4.04. The topological polar surface area (TPSA) is 58.6 Å². The average Bonchev–Trinajstić information content (AvgIpc) is 2.81. The van der Waals surface area contributed by atoms with Crippen LogP contribution in [0.1, 0.15) is 34.7 Å². The van der Waals surface area contributed by atoms with E-state index < -0.39 is 6.04 Å². The fourth-order valence-corrected chi connectivity index (χ4v) is 4.04. The molecule has 3 aromatic carbocycles. The molecule has 0 fully saturated rings. The van der Waals surface area contributed by atoms with Crippen LogP contribution < -0.4 is 10.1 Å². The molecule has 0 aromatic heterocycles. The number of benzene rings is 3. The van der Waals surface area contributed by atoms with Crippen LogP contribution in [0.25, 0.3) is 0 Å². The van der Waals surface area contributed by atoms with Crippen molar-refractivity contribution >= 4 is 11.8 Å². The molecule has 0 spiro atoms. The van der Waals surface area contributed by atoms with Gasteiger partial charge in [-0.1, -0.05) is 77.9 Å². The Bertz CT molecular complexity index is 1110. The molecule has 0 aliphatic carbocycles. The van der Waals surface area contributed by atoms with Gasteiger partial charge in [0.1, 0.15) is 11.8 Å². The van der Waals surface area contributed by atoms with Crippen LogP contribution in [0.3, 0.4) is 0 Å². The van der Waals surface area contributed by atoms with Gasteiger partial charge in [-0.15, -0.1) is 0 Å². The first kappa shape index (κ1) is 25.0. The van der Waals surface area contributed by atoms with E-state index in [0.29, 0.717) is 25.3 Å². The highest BCUT2D eigenvalue weighted by Crippen LogP contribution is 2.20. The molecule has 0 radical (unpaired) electrons. The van der Waals surface area contributed by atoms with Gasteiger partial charge in [0.2, 0.25) is 5.91 Å². The first-order valence-electron chi connectivity index (χ1n) is 11.7. The number of carbonyl (C=O) groups is 2. The summed E-state index contributed by atoms with van der Waals surface area (Å²) in [5.74, 6) is 0.277. The highest BCUT2D eigenvalue weighted by atomic mass is 16.5. The number of carbonyl (C=O) groups excluding carboxylic acids is 2. The lowest BCUT2D eigenvalue weighted by molar-refractivity contribution is -0.142. The molecule has 1 N–H and O–H groups in total. The number of rotatable bonds is 10. The number of hydrogen-bond donors (Lipinski definition) is 1. The summed E-state index contributed by atoms with van der Waals surface area (Å²) in [6, 6.07) is 23.0. The van der Waals surface area contributed by atoms with Crippen LogP contribution in [0.2, 0.25) is 0 Å². The van der Waals surface area contributed by atoms with Gasteiger partial charge in [0.15, 0.2) is 6.61 Å². The summed E-state index contributed by atoms with van der Waals surface area (Å²) in [7, 11) is 0. The van der Waals surface area contributed by atoms with Crippen molar-refractivity contribution in [3.8, 4) is 5.75 Å². The minimum Gasteiger partial charge on any atom is -0.483 e. The Morgan fingerprint density at radius 1 is 0.882 bits per heavy atom. The number of hydrogen-bond acceptors (Lipinski definition) is 3. The minimum absolute atomic E-state index is 0.138. The van der Waals surface area contributed by atoms with Crippen molar-refractivity contribution in [1.29, 1.82) is 0 Å². The summed E-state index contributed by atoms with van der Waals surface area (Å²) >= 11 is 0. The largest absolute Gasteiger partial charge is 0.483 e. The van der Waals surface area contributed by atoms with Crippen LogP contribution in [-0.2, 0) is 22.6 Å². The molecular weight excluding hydrogens is 424 g/mol. The van der Waals surface area contributed by atoms with E-state index in [0.717, 1.165) is 27.8 Å². The van der Waals surface area contributed by atoms with Gasteiger partial charge in [-0.2, -0.15) is 0 Å². The van der Waals surface area contributed by atoms with Gasteiger partial charge in [0.05, 0.1) is 0 Å². The van der Waals surface area contributed by atoms with Crippen molar-refractivity contribution in [3.05, 3.63) is 101 Å². The summed E-state index contributed by atoms with van der Waals surface area (Å²) in [4.78, 5) is 28.4.